The molecule has 120 valence electrons. The van der Waals surface area contributed by atoms with Gasteiger partial charge < -0.3 is 10.4 Å². The molecule has 0 saturated carbocycles. The summed E-state index contributed by atoms with van der Waals surface area (Å²) in [5, 5.41) is 16.3. The Morgan fingerprint density at radius 1 is 1.22 bits per heavy atom. The highest BCUT2D eigenvalue weighted by molar-refractivity contribution is 7.99. The van der Waals surface area contributed by atoms with Gasteiger partial charge >= 0.3 is 5.97 Å². The molecule has 1 aliphatic heterocycles. The summed E-state index contributed by atoms with van der Waals surface area (Å²) in [5.74, 6) is -0.188. The van der Waals surface area contributed by atoms with E-state index in [4.69, 9.17) is 0 Å². The van der Waals surface area contributed by atoms with Gasteiger partial charge in [-0.2, -0.15) is 11.8 Å². The van der Waals surface area contributed by atoms with Crippen LogP contribution >= 0.6 is 11.8 Å². The monoisotopic (exact) mass is 332 g/mol. The molecule has 2 heterocycles. The van der Waals surface area contributed by atoms with Crippen molar-refractivity contribution in [1.29, 1.82) is 0 Å². The lowest BCUT2D eigenvalue weighted by Crippen LogP contribution is -2.56. The third kappa shape index (κ3) is 3.21. The molecule has 1 aromatic heterocycles. The second-order valence-corrected chi connectivity index (χ2v) is 6.53. The number of para-hydroxylation sites is 1. The highest BCUT2D eigenvalue weighted by Gasteiger charge is 2.42. The van der Waals surface area contributed by atoms with Gasteiger partial charge in [0.05, 0.1) is 5.69 Å². The number of benzene rings is 1. The number of carboxylic acids is 1. The van der Waals surface area contributed by atoms with E-state index >= 15 is 0 Å². The van der Waals surface area contributed by atoms with Gasteiger partial charge in [-0.25, -0.2) is 14.5 Å². The highest BCUT2D eigenvalue weighted by Crippen LogP contribution is 2.27. The summed E-state index contributed by atoms with van der Waals surface area (Å²) in [7, 11) is 0. The fourth-order valence-electron chi connectivity index (χ4n) is 2.46. The lowest BCUT2D eigenvalue weighted by molar-refractivity contribution is -0.144. The van der Waals surface area contributed by atoms with Gasteiger partial charge in [-0.1, -0.05) is 18.2 Å². The molecule has 0 atom stereocenters. The molecule has 1 amide bonds. The molecule has 1 aliphatic rings. The molecular formula is C15H16N4O3S. The van der Waals surface area contributed by atoms with Crippen LogP contribution in [0.15, 0.2) is 36.7 Å². The van der Waals surface area contributed by atoms with Gasteiger partial charge in [-0.3, -0.25) is 4.79 Å². The van der Waals surface area contributed by atoms with Gasteiger partial charge in [-0.05, 0) is 36.5 Å². The number of nitrogens with zero attached hydrogens (tertiary/aromatic N) is 3. The summed E-state index contributed by atoms with van der Waals surface area (Å²) >= 11 is 1.69. The zero-order chi connectivity index (χ0) is 16.3. The molecule has 0 radical (unpaired) electrons. The second-order valence-electron chi connectivity index (χ2n) is 5.30. The van der Waals surface area contributed by atoms with E-state index in [0.29, 0.717) is 24.3 Å². The lowest BCUT2D eigenvalue weighted by Gasteiger charge is -2.33. The number of carboxylic acid groups (broad SMARTS) is 1. The number of amides is 1. The summed E-state index contributed by atoms with van der Waals surface area (Å²) < 4.78 is 1.49. The summed E-state index contributed by atoms with van der Waals surface area (Å²) in [4.78, 5) is 27.9. The first kappa shape index (κ1) is 15.5. The Bertz CT molecular complexity index is 711. The van der Waals surface area contributed by atoms with Crippen molar-refractivity contribution in [2.75, 3.05) is 11.5 Å². The van der Waals surface area contributed by atoms with Gasteiger partial charge in [0.1, 0.15) is 11.9 Å². The second kappa shape index (κ2) is 6.41. The van der Waals surface area contributed by atoms with E-state index in [2.05, 4.69) is 15.4 Å². The standard InChI is InChI=1S/C15H16N4O3S/c20-13(17-15(14(21)22)6-8-23-9-7-15)12-16-10-19(18-12)11-4-2-1-3-5-11/h1-5,10H,6-9H2,(H,17,20)(H,21,22). The number of hydrogen-bond donors (Lipinski definition) is 2. The number of rotatable bonds is 4. The van der Waals surface area contributed by atoms with Crippen LogP contribution < -0.4 is 5.32 Å². The zero-order valence-electron chi connectivity index (χ0n) is 12.3. The van der Waals surface area contributed by atoms with Crippen LogP contribution in [0.3, 0.4) is 0 Å². The smallest absolute Gasteiger partial charge is 0.329 e. The van der Waals surface area contributed by atoms with Crippen LogP contribution in [0, 0.1) is 0 Å². The summed E-state index contributed by atoms with van der Waals surface area (Å²) in [6.07, 6.45) is 2.24. The summed E-state index contributed by atoms with van der Waals surface area (Å²) in [6.45, 7) is 0. The van der Waals surface area contributed by atoms with Crippen molar-refractivity contribution in [2.45, 2.75) is 18.4 Å². The predicted molar refractivity (Wildman–Crippen MR) is 85.8 cm³/mol. The van der Waals surface area contributed by atoms with E-state index in [1.54, 1.807) is 11.8 Å². The first-order valence-corrected chi connectivity index (χ1v) is 8.37. The molecule has 0 bridgehead atoms. The highest BCUT2D eigenvalue weighted by atomic mass is 32.2. The maximum Gasteiger partial charge on any atom is 0.329 e. The van der Waals surface area contributed by atoms with Crippen molar-refractivity contribution in [3.63, 3.8) is 0 Å². The minimum absolute atomic E-state index is 0.0345. The number of nitrogens with one attached hydrogen (secondary N) is 1. The fourth-order valence-corrected chi connectivity index (χ4v) is 3.65. The molecule has 2 aromatic rings. The van der Waals surface area contributed by atoms with Crippen molar-refractivity contribution in [2.24, 2.45) is 0 Å². The Morgan fingerprint density at radius 2 is 1.91 bits per heavy atom. The Balaban J connectivity index is 1.78. The van der Waals surface area contributed by atoms with Crippen molar-refractivity contribution < 1.29 is 14.7 Å². The molecule has 3 rings (SSSR count). The Labute approximate surface area is 137 Å². The molecule has 0 unspecified atom stereocenters. The maximum atomic E-state index is 12.3. The Morgan fingerprint density at radius 3 is 2.57 bits per heavy atom. The first-order chi connectivity index (χ1) is 11.1. The normalized spacial score (nSPS) is 16.7. The fraction of sp³-hybridized carbons (Fsp3) is 0.333. The third-order valence-corrected chi connectivity index (χ3v) is 4.81. The van der Waals surface area contributed by atoms with Crippen molar-refractivity contribution in [3.05, 3.63) is 42.5 Å². The number of carbonyl (C=O) groups excluding carboxylic acids is 1. The molecule has 7 nitrogen and oxygen atoms in total. The predicted octanol–water partition coefficient (Wildman–Crippen LogP) is 1.35. The third-order valence-electron chi connectivity index (χ3n) is 3.82. The Hall–Kier alpha value is -2.35. The van der Waals surface area contributed by atoms with Crippen LogP contribution in [0.5, 0.6) is 0 Å². The van der Waals surface area contributed by atoms with E-state index in [1.165, 1.54) is 11.0 Å². The summed E-state index contributed by atoms with van der Waals surface area (Å²) in [6, 6.07) is 9.28. The average Bonchev–Trinajstić information content (AvgIpc) is 3.06. The van der Waals surface area contributed by atoms with Crippen molar-refractivity contribution >= 4 is 23.6 Å². The SMILES string of the molecule is O=C(NC1(C(=O)O)CCSCC1)c1ncn(-c2ccccc2)n1. The number of hydrogen-bond acceptors (Lipinski definition) is 5. The number of aromatic nitrogens is 3. The average molecular weight is 332 g/mol. The summed E-state index contributed by atoms with van der Waals surface area (Å²) in [5.41, 5.74) is -0.443. The number of thioether (sulfide) groups is 1. The van der Waals surface area contributed by atoms with Crippen LogP contribution in [0.4, 0.5) is 0 Å². The van der Waals surface area contributed by atoms with E-state index in [-0.39, 0.29) is 5.82 Å². The molecule has 1 fully saturated rings. The van der Waals surface area contributed by atoms with Gasteiger partial charge in [0, 0.05) is 0 Å². The van der Waals surface area contributed by atoms with E-state index in [9.17, 15) is 14.7 Å². The molecule has 1 aromatic carbocycles. The molecule has 2 N–H and O–H groups in total. The first-order valence-electron chi connectivity index (χ1n) is 7.21. The van der Waals surface area contributed by atoms with Gasteiger partial charge in [0.2, 0.25) is 5.82 Å². The number of aliphatic carboxylic acids is 1. The molecule has 8 heteroatoms. The van der Waals surface area contributed by atoms with Crippen LogP contribution in [-0.4, -0.2) is 48.8 Å². The molecule has 23 heavy (non-hydrogen) atoms. The van der Waals surface area contributed by atoms with Gasteiger partial charge in [0.25, 0.3) is 5.91 Å². The maximum absolute atomic E-state index is 12.3. The van der Waals surface area contributed by atoms with Crippen LogP contribution in [0.25, 0.3) is 5.69 Å². The molecule has 1 saturated heterocycles. The van der Waals surface area contributed by atoms with Crippen LogP contribution in [-0.2, 0) is 4.79 Å². The minimum Gasteiger partial charge on any atom is -0.480 e. The van der Waals surface area contributed by atoms with Crippen molar-refractivity contribution in [1.82, 2.24) is 20.1 Å². The minimum atomic E-state index is -1.22. The lowest BCUT2D eigenvalue weighted by atomic mass is 9.92. The van der Waals surface area contributed by atoms with Crippen LogP contribution in [0.2, 0.25) is 0 Å². The molecule has 0 spiro atoms. The Kier molecular flexibility index (Phi) is 4.33. The molecule has 0 aliphatic carbocycles. The van der Waals surface area contributed by atoms with Crippen LogP contribution in [0.1, 0.15) is 23.5 Å². The van der Waals surface area contributed by atoms with E-state index in [0.717, 1.165) is 5.69 Å². The number of carbonyl (C=O) groups is 2. The topological polar surface area (TPSA) is 97.1 Å². The van der Waals surface area contributed by atoms with Gasteiger partial charge in [0.15, 0.2) is 0 Å². The molecular weight excluding hydrogens is 316 g/mol. The van der Waals surface area contributed by atoms with Crippen molar-refractivity contribution in [3.8, 4) is 5.69 Å². The van der Waals surface area contributed by atoms with E-state index in [1.807, 2.05) is 30.3 Å². The largest absolute Gasteiger partial charge is 0.480 e. The van der Waals surface area contributed by atoms with Gasteiger partial charge in [-0.15, -0.1) is 5.10 Å². The quantitative estimate of drug-likeness (QED) is 0.877. The zero-order valence-corrected chi connectivity index (χ0v) is 13.1. The van der Waals surface area contributed by atoms with E-state index < -0.39 is 17.4 Å².